The molecule has 6 heteroatoms. The van der Waals surface area contributed by atoms with Crippen LogP contribution in [0.1, 0.15) is 5.56 Å². The molecule has 20 heavy (non-hydrogen) atoms. The Morgan fingerprint density at radius 2 is 1.80 bits per heavy atom. The number of hydrogen-bond acceptors (Lipinski definition) is 4. The second kappa shape index (κ2) is 5.22. The summed E-state index contributed by atoms with van der Waals surface area (Å²) in [7, 11) is -2.88. The zero-order valence-electron chi connectivity index (χ0n) is 10.9. The summed E-state index contributed by atoms with van der Waals surface area (Å²) in [6.07, 6.45) is 1.79. The highest BCUT2D eigenvalue weighted by atomic mass is 35.5. The van der Waals surface area contributed by atoms with Crippen LogP contribution in [0.15, 0.2) is 30.5 Å². The number of halogens is 1. The minimum atomic E-state index is -2.88. The number of benzene rings is 1. The molecule has 1 aromatic heterocycles. The van der Waals surface area contributed by atoms with Crippen LogP contribution in [0.5, 0.6) is 0 Å². The fourth-order valence-electron chi connectivity index (χ4n) is 2.52. The molecule has 0 amide bonds. The maximum Gasteiger partial charge on any atom is 0.153 e. The molecular weight excluding hydrogens is 296 g/mol. The van der Waals surface area contributed by atoms with Crippen LogP contribution in [0.4, 0.5) is 5.82 Å². The molecule has 0 unspecified atom stereocenters. The molecule has 0 atom stereocenters. The van der Waals surface area contributed by atoms with Crippen molar-refractivity contribution >= 4 is 38.0 Å². The van der Waals surface area contributed by atoms with Gasteiger partial charge in [-0.25, -0.2) is 13.4 Å². The Labute approximate surface area is 123 Å². The van der Waals surface area contributed by atoms with Crippen LogP contribution in [0, 0.1) is 0 Å². The van der Waals surface area contributed by atoms with E-state index in [-0.39, 0.29) is 11.5 Å². The van der Waals surface area contributed by atoms with Gasteiger partial charge in [0.2, 0.25) is 0 Å². The van der Waals surface area contributed by atoms with Gasteiger partial charge in [0.25, 0.3) is 0 Å². The zero-order chi connectivity index (χ0) is 14.2. The van der Waals surface area contributed by atoms with E-state index in [0.717, 1.165) is 22.2 Å². The molecule has 0 spiro atoms. The van der Waals surface area contributed by atoms with E-state index in [9.17, 15) is 8.42 Å². The second-order valence-electron chi connectivity index (χ2n) is 4.93. The number of sulfone groups is 1. The Kier molecular flexibility index (Phi) is 3.56. The van der Waals surface area contributed by atoms with Crippen LogP contribution in [0.25, 0.3) is 10.8 Å². The first-order chi connectivity index (χ1) is 9.61. The molecule has 2 heterocycles. The third-order valence-electron chi connectivity index (χ3n) is 3.64. The van der Waals surface area contributed by atoms with Crippen LogP contribution in [-0.2, 0) is 15.7 Å². The van der Waals surface area contributed by atoms with Gasteiger partial charge in [-0.1, -0.05) is 24.3 Å². The van der Waals surface area contributed by atoms with Crippen LogP contribution in [0.3, 0.4) is 0 Å². The molecule has 4 nitrogen and oxygen atoms in total. The first-order valence-corrected chi connectivity index (χ1v) is 8.84. The SMILES string of the molecule is O=S1(=O)CCN(c2ncc(CCl)c3ccccc23)CC1. The predicted octanol–water partition coefficient (Wildman–Crippen LogP) is 2.21. The lowest BCUT2D eigenvalue weighted by molar-refractivity contribution is 0.586. The minimum Gasteiger partial charge on any atom is -0.354 e. The molecule has 2 aromatic rings. The van der Waals surface area contributed by atoms with Gasteiger partial charge in [-0.05, 0) is 10.9 Å². The molecule has 1 fully saturated rings. The molecule has 106 valence electrons. The van der Waals surface area contributed by atoms with E-state index in [0.29, 0.717) is 19.0 Å². The normalized spacial score (nSPS) is 18.4. The molecule has 0 saturated carbocycles. The fraction of sp³-hybridized carbons (Fsp3) is 0.357. The third-order valence-corrected chi connectivity index (χ3v) is 5.54. The van der Waals surface area contributed by atoms with Crippen molar-refractivity contribution in [1.29, 1.82) is 0 Å². The van der Waals surface area contributed by atoms with E-state index in [1.807, 2.05) is 29.2 Å². The summed E-state index contributed by atoms with van der Waals surface area (Å²) in [5, 5.41) is 2.12. The summed E-state index contributed by atoms with van der Waals surface area (Å²) in [5.74, 6) is 1.66. The average Bonchev–Trinajstić information content (AvgIpc) is 2.46. The van der Waals surface area contributed by atoms with E-state index in [1.54, 1.807) is 6.20 Å². The molecule has 3 rings (SSSR count). The quantitative estimate of drug-likeness (QED) is 0.798. The predicted molar refractivity (Wildman–Crippen MR) is 82.2 cm³/mol. The summed E-state index contributed by atoms with van der Waals surface area (Å²) in [5.41, 5.74) is 0.996. The number of fused-ring (bicyclic) bond motifs is 1. The minimum absolute atomic E-state index is 0.195. The Morgan fingerprint density at radius 3 is 2.45 bits per heavy atom. The van der Waals surface area contributed by atoms with Crippen molar-refractivity contribution in [3.8, 4) is 0 Å². The smallest absolute Gasteiger partial charge is 0.153 e. The van der Waals surface area contributed by atoms with Gasteiger partial charge in [0, 0.05) is 30.6 Å². The maximum absolute atomic E-state index is 11.5. The summed E-state index contributed by atoms with van der Waals surface area (Å²) in [6.45, 7) is 0.999. The topological polar surface area (TPSA) is 50.3 Å². The van der Waals surface area contributed by atoms with Crippen LogP contribution < -0.4 is 4.90 Å². The van der Waals surface area contributed by atoms with E-state index >= 15 is 0 Å². The lowest BCUT2D eigenvalue weighted by atomic mass is 10.1. The second-order valence-corrected chi connectivity index (χ2v) is 7.50. The Bertz CT molecular complexity index is 732. The van der Waals surface area contributed by atoms with E-state index in [1.165, 1.54) is 0 Å². The summed E-state index contributed by atoms with van der Waals surface area (Å²) in [4.78, 5) is 6.54. The number of hydrogen-bond donors (Lipinski definition) is 0. The van der Waals surface area contributed by atoms with E-state index in [4.69, 9.17) is 11.6 Å². The Morgan fingerprint density at radius 1 is 1.15 bits per heavy atom. The number of anilines is 1. The van der Waals surface area contributed by atoms with Crippen molar-refractivity contribution in [3.05, 3.63) is 36.0 Å². The Balaban J connectivity index is 2.05. The lowest BCUT2D eigenvalue weighted by Crippen LogP contribution is -2.40. The van der Waals surface area contributed by atoms with Crippen LogP contribution >= 0.6 is 11.6 Å². The van der Waals surface area contributed by atoms with E-state index in [2.05, 4.69) is 4.98 Å². The Hall–Kier alpha value is -1.33. The van der Waals surface area contributed by atoms with Crippen LogP contribution in [-0.4, -0.2) is 38.0 Å². The third kappa shape index (κ3) is 2.47. The van der Waals surface area contributed by atoms with Gasteiger partial charge >= 0.3 is 0 Å². The van der Waals surface area contributed by atoms with Crippen molar-refractivity contribution in [2.24, 2.45) is 0 Å². The first-order valence-electron chi connectivity index (χ1n) is 6.49. The number of rotatable bonds is 2. The van der Waals surface area contributed by atoms with Gasteiger partial charge < -0.3 is 4.90 Å². The van der Waals surface area contributed by atoms with Crippen molar-refractivity contribution in [2.75, 3.05) is 29.5 Å². The highest BCUT2D eigenvalue weighted by Crippen LogP contribution is 2.28. The molecular formula is C14H15ClN2O2S. The van der Waals surface area contributed by atoms with Gasteiger partial charge in [0.05, 0.1) is 11.5 Å². The fourth-order valence-corrected chi connectivity index (χ4v) is 3.93. The zero-order valence-corrected chi connectivity index (χ0v) is 12.5. The summed E-state index contributed by atoms with van der Waals surface area (Å²) in [6, 6.07) is 7.98. The van der Waals surface area contributed by atoms with Crippen molar-refractivity contribution in [1.82, 2.24) is 4.98 Å². The monoisotopic (exact) mass is 310 g/mol. The number of aromatic nitrogens is 1. The van der Waals surface area contributed by atoms with Crippen LogP contribution in [0.2, 0.25) is 0 Å². The van der Waals surface area contributed by atoms with Crippen molar-refractivity contribution in [2.45, 2.75) is 5.88 Å². The standard InChI is InChI=1S/C14H15ClN2O2S/c15-9-11-10-16-14(13-4-2-1-3-12(11)13)17-5-7-20(18,19)8-6-17/h1-4,10H,5-9H2. The van der Waals surface area contributed by atoms with Crippen molar-refractivity contribution in [3.63, 3.8) is 0 Å². The summed E-state index contributed by atoms with van der Waals surface area (Å²) >= 11 is 5.95. The molecule has 0 aliphatic carbocycles. The van der Waals surface area contributed by atoms with Gasteiger partial charge in [0.1, 0.15) is 5.82 Å². The van der Waals surface area contributed by atoms with Gasteiger partial charge in [-0.2, -0.15) is 0 Å². The lowest BCUT2D eigenvalue weighted by Gasteiger charge is -2.29. The molecule has 1 aliphatic heterocycles. The first kappa shape index (κ1) is 13.6. The van der Waals surface area contributed by atoms with Gasteiger partial charge in [-0.15, -0.1) is 11.6 Å². The number of nitrogens with zero attached hydrogens (tertiary/aromatic N) is 2. The van der Waals surface area contributed by atoms with Crippen molar-refractivity contribution < 1.29 is 8.42 Å². The van der Waals surface area contributed by atoms with E-state index < -0.39 is 9.84 Å². The molecule has 1 aromatic carbocycles. The maximum atomic E-state index is 11.5. The molecule has 1 saturated heterocycles. The highest BCUT2D eigenvalue weighted by Gasteiger charge is 2.23. The number of alkyl halides is 1. The molecule has 0 radical (unpaired) electrons. The molecule has 1 aliphatic rings. The van der Waals surface area contributed by atoms with Gasteiger partial charge in [-0.3, -0.25) is 0 Å². The summed E-state index contributed by atoms with van der Waals surface area (Å²) < 4.78 is 23.1. The largest absolute Gasteiger partial charge is 0.354 e. The molecule has 0 N–H and O–H groups in total. The highest BCUT2D eigenvalue weighted by molar-refractivity contribution is 7.91. The molecule has 0 bridgehead atoms. The average molecular weight is 311 g/mol. The van der Waals surface area contributed by atoms with Gasteiger partial charge in [0.15, 0.2) is 9.84 Å². The number of pyridine rings is 1.